The lowest BCUT2D eigenvalue weighted by Gasteiger charge is -2.20. The molecular formula is C21H23N3O5. The van der Waals surface area contributed by atoms with Crippen molar-refractivity contribution in [1.82, 2.24) is 0 Å². The van der Waals surface area contributed by atoms with Crippen LogP contribution < -0.4 is 25.0 Å². The smallest absolute Gasteiger partial charge is 0.229 e. The van der Waals surface area contributed by atoms with Gasteiger partial charge in [0.1, 0.15) is 11.5 Å². The van der Waals surface area contributed by atoms with Crippen molar-refractivity contribution in [2.24, 2.45) is 5.92 Å². The maximum atomic E-state index is 12.6. The van der Waals surface area contributed by atoms with Crippen LogP contribution in [0.1, 0.15) is 13.3 Å². The fourth-order valence-electron chi connectivity index (χ4n) is 3.21. The first kappa shape index (κ1) is 20.2. The summed E-state index contributed by atoms with van der Waals surface area (Å²) in [6.45, 7) is 1.69. The average molecular weight is 397 g/mol. The molecule has 1 fully saturated rings. The molecule has 1 saturated heterocycles. The van der Waals surface area contributed by atoms with E-state index in [1.807, 2.05) is 0 Å². The molecule has 0 spiro atoms. The number of nitrogens with one attached hydrogen (secondary N) is 2. The van der Waals surface area contributed by atoms with Gasteiger partial charge < -0.3 is 25.0 Å². The van der Waals surface area contributed by atoms with Gasteiger partial charge in [-0.3, -0.25) is 14.4 Å². The van der Waals surface area contributed by atoms with Gasteiger partial charge in [-0.05, 0) is 36.4 Å². The summed E-state index contributed by atoms with van der Waals surface area (Å²) in [5.74, 6) is 0.0985. The second-order valence-electron chi connectivity index (χ2n) is 6.69. The highest BCUT2D eigenvalue weighted by Gasteiger charge is 2.36. The Morgan fingerprint density at radius 3 is 2.24 bits per heavy atom. The first-order chi connectivity index (χ1) is 13.9. The second-order valence-corrected chi connectivity index (χ2v) is 6.69. The zero-order chi connectivity index (χ0) is 21.0. The number of nitrogens with zero attached hydrogens (tertiary/aromatic N) is 1. The Balaban J connectivity index is 1.68. The van der Waals surface area contributed by atoms with Gasteiger partial charge in [0.15, 0.2) is 0 Å². The largest absolute Gasteiger partial charge is 0.497 e. The molecule has 0 aromatic heterocycles. The zero-order valence-corrected chi connectivity index (χ0v) is 16.5. The molecule has 0 unspecified atom stereocenters. The predicted molar refractivity (Wildman–Crippen MR) is 109 cm³/mol. The minimum absolute atomic E-state index is 0.116. The van der Waals surface area contributed by atoms with Gasteiger partial charge in [-0.25, -0.2) is 0 Å². The van der Waals surface area contributed by atoms with E-state index in [4.69, 9.17) is 9.47 Å². The molecule has 152 valence electrons. The number of hydrogen-bond donors (Lipinski definition) is 2. The van der Waals surface area contributed by atoms with Crippen molar-refractivity contribution in [3.05, 3.63) is 42.5 Å². The predicted octanol–water partition coefficient (Wildman–Crippen LogP) is 2.65. The van der Waals surface area contributed by atoms with E-state index in [1.165, 1.54) is 14.0 Å². The van der Waals surface area contributed by atoms with Crippen molar-refractivity contribution in [3.63, 3.8) is 0 Å². The van der Waals surface area contributed by atoms with Crippen LogP contribution >= 0.6 is 0 Å². The third-order valence-electron chi connectivity index (χ3n) is 4.65. The van der Waals surface area contributed by atoms with Gasteiger partial charge in [0.25, 0.3) is 0 Å². The SMILES string of the molecule is COc1ccc(N2C[C@@H](C(=O)Nc3ccc(NC(C)=O)cc3)CC2=O)c(OC)c1. The van der Waals surface area contributed by atoms with Crippen molar-refractivity contribution >= 4 is 34.8 Å². The summed E-state index contributed by atoms with van der Waals surface area (Å²) in [7, 11) is 3.08. The number of benzene rings is 2. The molecule has 8 heteroatoms. The van der Waals surface area contributed by atoms with Crippen LogP contribution in [0.5, 0.6) is 11.5 Å². The van der Waals surface area contributed by atoms with Gasteiger partial charge in [-0.2, -0.15) is 0 Å². The van der Waals surface area contributed by atoms with Crippen LogP contribution in [-0.2, 0) is 14.4 Å². The molecule has 29 heavy (non-hydrogen) atoms. The van der Waals surface area contributed by atoms with E-state index in [0.29, 0.717) is 28.6 Å². The number of hydrogen-bond acceptors (Lipinski definition) is 5. The molecule has 3 amide bonds. The topological polar surface area (TPSA) is 97.0 Å². The monoisotopic (exact) mass is 397 g/mol. The van der Waals surface area contributed by atoms with Crippen molar-refractivity contribution in [1.29, 1.82) is 0 Å². The van der Waals surface area contributed by atoms with Crippen LogP contribution in [0.15, 0.2) is 42.5 Å². The maximum absolute atomic E-state index is 12.6. The average Bonchev–Trinajstić information content (AvgIpc) is 3.10. The Bertz CT molecular complexity index is 926. The summed E-state index contributed by atoms with van der Waals surface area (Å²) < 4.78 is 10.6. The fraction of sp³-hybridized carbons (Fsp3) is 0.286. The molecule has 0 aliphatic carbocycles. The molecule has 2 N–H and O–H groups in total. The molecule has 1 heterocycles. The van der Waals surface area contributed by atoms with Crippen LogP contribution in [0.25, 0.3) is 0 Å². The lowest BCUT2D eigenvalue weighted by atomic mass is 10.1. The Kier molecular flexibility index (Phi) is 6.01. The summed E-state index contributed by atoms with van der Waals surface area (Å²) in [6.07, 6.45) is 0.116. The number of ether oxygens (including phenoxy) is 2. The van der Waals surface area contributed by atoms with Crippen LogP contribution in [0, 0.1) is 5.92 Å². The minimum Gasteiger partial charge on any atom is -0.497 e. The standard InChI is InChI=1S/C21H23N3O5/c1-13(25)22-15-4-6-16(7-5-15)23-21(27)14-10-20(26)24(12-14)18-9-8-17(28-2)11-19(18)29-3/h4-9,11,14H,10,12H2,1-3H3,(H,22,25)(H,23,27)/t14-/m0/s1. The molecule has 8 nitrogen and oxygen atoms in total. The highest BCUT2D eigenvalue weighted by molar-refractivity contribution is 6.04. The van der Waals surface area contributed by atoms with Gasteiger partial charge in [0.05, 0.1) is 25.8 Å². The van der Waals surface area contributed by atoms with Gasteiger partial charge in [-0.1, -0.05) is 0 Å². The van der Waals surface area contributed by atoms with Crippen LogP contribution in [-0.4, -0.2) is 38.5 Å². The van der Waals surface area contributed by atoms with Crippen LogP contribution in [0.4, 0.5) is 17.1 Å². The molecule has 1 aliphatic heterocycles. The first-order valence-electron chi connectivity index (χ1n) is 9.12. The van der Waals surface area contributed by atoms with Crippen LogP contribution in [0.2, 0.25) is 0 Å². The third-order valence-corrected chi connectivity index (χ3v) is 4.65. The highest BCUT2D eigenvalue weighted by atomic mass is 16.5. The van der Waals surface area contributed by atoms with Crippen molar-refractivity contribution < 1.29 is 23.9 Å². The molecule has 2 aromatic carbocycles. The van der Waals surface area contributed by atoms with E-state index in [0.717, 1.165) is 0 Å². The lowest BCUT2D eigenvalue weighted by molar-refractivity contribution is -0.122. The number of anilines is 3. The van der Waals surface area contributed by atoms with E-state index < -0.39 is 5.92 Å². The van der Waals surface area contributed by atoms with E-state index >= 15 is 0 Å². The molecule has 0 radical (unpaired) electrons. The Labute approximate surface area is 168 Å². The molecule has 3 rings (SSSR count). The van der Waals surface area contributed by atoms with E-state index in [2.05, 4.69) is 10.6 Å². The van der Waals surface area contributed by atoms with Gasteiger partial charge in [0, 0.05) is 37.3 Å². The number of amides is 3. The minimum atomic E-state index is -0.482. The Hall–Kier alpha value is -3.55. The van der Waals surface area contributed by atoms with E-state index in [-0.39, 0.29) is 30.7 Å². The normalized spacial score (nSPS) is 15.8. The zero-order valence-electron chi connectivity index (χ0n) is 16.5. The molecular weight excluding hydrogens is 374 g/mol. The number of methoxy groups -OCH3 is 2. The van der Waals surface area contributed by atoms with E-state index in [9.17, 15) is 14.4 Å². The summed E-state index contributed by atoms with van der Waals surface area (Å²) in [5.41, 5.74) is 1.84. The number of carbonyl (C=O) groups is 3. The summed E-state index contributed by atoms with van der Waals surface area (Å²) >= 11 is 0. The molecule has 0 bridgehead atoms. The number of rotatable bonds is 6. The van der Waals surface area contributed by atoms with Crippen molar-refractivity contribution in [2.45, 2.75) is 13.3 Å². The highest BCUT2D eigenvalue weighted by Crippen LogP contribution is 2.36. The summed E-state index contributed by atoms with van der Waals surface area (Å²) in [6, 6.07) is 12.0. The van der Waals surface area contributed by atoms with Gasteiger partial charge in [0.2, 0.25) is 17.7 Å². The molecule has 1 atom stereocenters. The lowest BCUT2D eigenvalue weighted by Crippen LogP contribution is -2.28. The quantitative estimate of drug-likeness (QED) is 0.781. The molecule has 1 aliphatic rings. The van der Waals surface area contributed by atoms with Gasteiger partial charge in [-0.15, -0.1) is 0 Å². The van der Waals surface area contributed by atoms with Gasteiger partial charge >= 0.3 is 0 Å². The Morgan fingerprint density at radius 2 is 1.66 bits per heavy atom. The van der Waals surface area contributed by atoms with Crippen molar-refractivity contribution in [2.75, 3.05) is 36.3 Å². The summed E-state index contributed by atoms with van der Waals surface area (Å²) in [4.78, 5) is 37.8. The second kappa shape index (κ2) is 8.64. The van der Waals surface area contributed by atoms with Crippen LogP contribution in [0.3, 0.4) is 0 Å². The Morgan fingerprint density at radius 1 is 1.00 bits per heavy atom. The number of carbonyl (C=O) groups excluding carboxylic acids is 3. The van der Waals surface area contributed by atoms with Crippen molar-refractivity contribution in [3.8, 4) is 11.5 Å². The maximum Gasteiger partial charge on any atom is 0.229 e. The molecule has 2 aromatic rings. The van der Waals surface area contributed by atoms with E-state index in [1.54, 1.807) is 54.5 Å². The third kappa shape index (κ3) is 4.66. The fourth-order valence-corrected chi connectivity index (χ4v) is 3.21. The first-order valence-corrected chi connectivity index (χ1v) is 9.12. The molecule has 0 saturated carbocycles. The summed E-state index contributed by atoms with van der Waals surface area (Å²) in [5, 5.41) is 5.49.